The molecular formula is C28H31ClO3. The van der Waals surface area contributed by atoms with Crippen molar-refractivity contribution in [3.63, 3.8) is 0 Å². The smallest absolute Gasteiger partial charge is 0.330 e. The van der Waals surface area contributed by atoms with Crippen molar-refractivity contribution in [2.45, 2.75) is 57.8 Å². The van der Waals surface area contributed by atoms with Gasteiger partial charge in [0, 0.05) is 22.2 Å². The highest BCUT2D eigenvalue weighted by atomic mass is 35.5. The lowest BCUT2D eigenvalue weighted by Crippen LogP contribution is -2.48. The van der Waals surface area contributed by atoms with E-state index in [-0.39, 0.29) is 11.4 Å². The molecule has 2 aromatic rings. The number of ether oxygens (including phenoxy) is 1. The van der Waals surface area contributed by atoms with Crippen molar-refractivity contribution in [3.8, 4) is 16.9 Å². The average Bonchev–Trinajstić information content (AvgIpc) is 2.72. The Balaban J connectivity index is 1.49. The molecule has 0 heterocycles. The molecular weight excluding hydrogens is 420 g/mol. The number of aromatic hydroxyl groups is 1. The maximum Gasteiger partial charge on any atom is 0.330 e. The Kier molecular flexibility index (Phi) is 5.57. The number of halogens is 1. The van der Waals surface area contributed by atoms with Crippen molar-refractivity contribution in [3.05, 3.63) is 58.1 Å². The maximum absolute atomic E-state index is 11.6. The fraction of sp³-hybridized carbons (Fsp3) is 0.464. The predicted molar refractivity (Wildman–Crippen MR) is 129 cm³/mol. The lowest BCUT2D eigenvalue weighted by atomic mass is 9.48. The molecule has 0 atom stereocenters. The van der Waals surface area contributed by atoms with Crippen LogP contribution < -0.4 is 0 Å². The second-order valence-electron chi connectivity index (χ2n) is 10.2. The summed E-state index contributed by atoms with van der Waals surface area (Å²) in [5.74, 6) is 2.54. The zero-order chi connectivity index (χ0) is 22.5. The number of esters is 1. The monoisotopic (exact) mass is 450 g/mol. The van der Waals surface area contributed by atoms with E-state index in [1.807, 2.05) is 31.2 Å². The van der Waals surface area contributed by atoms with Gasteiger partial charge in [0.05, 0.1) is 6.61 Å². The minimum Gasteiger partial charge on any atom is -0.508 e. The lowest BCUT2D eigenvalue weighted by Gasteiger charge is -2.57. The molecule has 4 bridgehead atoms. The van der Waals surface area contributed by atoms with Gasteiger partial charge >= 0.3 is 5.97 Å². The Morgan fingerprint density at radius 3 is 2.34 bits per heavy atom. The van der Waals surface area contributed by atoms with E-state index < -0.39 is 0 Å². The number of phenols is 1. The summed E-state index contributed by atoms with van der Waals surface area (Å²) >= 11 is 6.71. The molecule has 4 fully saturated rings. The molecule has 3 nitrogen and oxygen atoms in total. The highest BCUT2D eigenvalue weighted by Crippen LogP contribution is 2.62. The minimum atomic E-state index is -0.359. The fourth-order valence-electron chi connectivity index (χ4n) is 7.06. The molecule has 2 aromatic carbocycles. The molecule has 0 amide bonds. The summed E-state index contributed by atoms with van der Waals surface area (Å²) in [5.41, 5.74) is 5.16. The van der Waals surface area contributed by atoms with Gasteiger partial charge < -0.3 is 9.84 Å². The number of carbonyl (C=O) groups excluding carboxylic acids is 1. The first-order valence-corrected chi connectivity index (χ1v) is 12.2. The number of carbonyl (C=O) groups is 1. The average molecular weight is 451 g/mol. The molecule has 6 rings (SSSR count). The van der Waals surface area contributed by atoms with E-state index >= 15 is 0 Å². The van der Waals surface area contributed by atoms with Crippen molar-refractivity contribution in [2.24, 2.45) is 17.8 Å². The Bertz CT molecular complexity index is 1050. The third-order valence-electron chi connectivity index (χ3n) is 7.93. The van der Waals surface area contributed by atoms with Crippen LogP contribution in [-0.2, 0) is 14.9 Å². The van der Waals surface area contributed by atoms with Crippen molar-refractivity contribution < 1.29 is 14.6 Å². The predicted octanol–water partition coefficient (Wildman–Crippen LogP) is 7.07. The summed E-state index contributed by atoms with van der Waals surface area (Å²) in [5, 5.41) is 11.7. The van der Waals surface area contributed by atoms with Crippen molar-refractivity contribution >= 4 is 23.6 Å². The Morgan fingerprint density at radius 2 is 1.75 bits per heavy atom. The molecule has 0 radical (unpaired) electrons. The number of rotatable bonds is 5. The van der Waals surface area contributed by atoms with Gasteiger partial charge in [-0.25, -0.2) is 4.79 Å². The molecule has 1 N–H and O–H groups in total. The minimum absolute atomic E-state index is 0.121. The molecule has 0 spiro atoms. The van der Waals surface area contributed by atoms with E-state index in [9.17, 15) is 9.90 Å². The standard InChI is InChI=1S/C28H31ClO3/c1-3-32-27(31)7-5-18-4-6-22(25(29)12-18)23-13-24(26(30)8-17(23)2)28-14-19-9-20(15-28)11-21(10-19)16-28/h4-8,12-13,19-21,30H,3,9-11,14-16H2,1-2H3/b7-5+. The van der Waals surface area contributed by atoms with Crippen LogP contribution in [0.3, 0.4) is 0 Å². The van der Waals surface area contributed by atoms with E-state index in [0.29, 0.717) is 17.4 Å². The number of hydrogen-bond acceptors (Lipinski definition) is 3. The molecule has 0 aromatic heterocycles. The van der Waals surface area contributed by atoms with E-state index in [0.717, 1.165) is 45.6 Å². The van der Waals surface area contributed by atoms with Crippen LogP contribution in [0, 0.1) is 24.7 Å². The largest absolute Gasteiger partial charge is 0.508 e. The second-order valence-corrected chi connectivity index (χ2v) is 10.6. The zero-order valence-corrected chi connectivity index (χ0v) is 19.6. The molecule has 4 saturated carbocycles. The maximum atomic E-state index is 11.6. The third kappa shape index (κ3) is 3.85. The van der Waals surface area contributed by atoms with Gasteiger partial charge in [0.2, 0.25) is 0 Å². The summed E-state index contributed by atoms with van der Waals surface area (Å²) in [7, 11) is 0. The number of phenolic OH excluding ortho intramolecular Hbond substituents is 1. The molecule has 0 aliphatic heterocycles. The van der Waals surface area contributed by atoms with Crippen LogP contribution in [0.25, 0.3) is 17.2 Å². The molecule has 0 saturated heterocycles. The summed E-state index contributed by atoms with van der Waals surface area (Å²) in [4.78, 5) is 11.6. The van der Waals surface area contributed by atoms with Crippen LogP contribution in [0.15, 0.2) is 36.4 Å². The number of hydrogen-bond donors (Lipinski definition) is 1. The van der Waals surface area contributed by atoms with Gasteiger partial charge in [-0.15, -0.1) is 0 Å². The van der Waals surface area contributed by atoms with Crippen molar-refractivity contribution in [1.82, 2.24) is 0 Å². The van der Waals surface area contributed by atoms with Gasteiger partial charge in [0.25, 0.3) is 0 Å². The molecule has 32 heavy (non-hydrogen) atoms. The highest BCUT2D eigenvalue weighted by Gasteiger charge is 2.52. The summed E-state index contributed by atoms with van der Waals surface area (Å²) < 4.78 is 4.95. The van der Waals surface area contributed by atoms with Crippen LogP contribution in [-0.4, -0.2) is 17.7 Å². The van der Waals surface area contributed by atoms with Crippen molar-refractivity contribution in [2.75, 3.05) is 6.61 Å². The Hall–Kier alpha value is -2.26. The normalized spacial score (nSPS) is 28.4. The second kappa shape index (κ2) is 8.26. The number of benzene rings is 2. The fourth-order valence-corrected chi connectivity index (χ4v) is 7.35. The van der Waals surface area contributed by atoms with E-state index in [4.69, 9.17) is 16.3 Å². The van der Waals surface area contributed by atoms with Gasteiger partial charge in [0.1, 0.15) is 5.75 Å². The first kappa shape index (κ1) is 21.6. The zero-order valence-electron chi connectivity index (χ0n) is 18.9. The Morgan fingerprint density at radius 1 is 1.09 bits per heavy atom. The van der Waals surface area contributed by atoms with Gasteiger partial charge in [-0.1, -0.05) is 23.7 Å². The third-order valence-corrected chi connectivity index (χ3v) is 8.25. The molecule has 4 heteroatoms. The summed E-state index contributed by atoms with van der Waals surface area (Å²) in [6, 6.07) is 9.99. The highest BCUT2D eigenvalue weighted by molar-refractivity contribution is 6.33. The van der Waals surface area contributed by atoms with E-state index in [1.54, 1.807) is 13.0 Å². The van der Waals surface area contributed by atoms with Gasteiger partial charge in [-0.05, 0) is 117 Å². The van der Waals surface area contributed by atoms with Crippen LogP contribution in [0.2, 0.25) is 5.02 Å². The summed E-state index contributed by atoms with van der Waals surface area (Å²) in [6.07, 6.45) is 10.9. The first-order chi connectivity index (χ1) is 15.4. The van der Waals surface area contributed by atoms with Gasteiger partial charge in [-0.3, -0.25) is 0 Å². The quantitative estimate of drug-likeness (QED) is 0.391. The van der Waals surface area contributed by atoms with Gasteiger partial charge in [-0.2, -0.15) is 0 Å². The number of aryl methyl sites for hydroxylation is 1. The van der Waals surface area contributed by atoms with E-state index in [1.165, 1.54) is 44.6 Å². The first-order valence-electron chi connectivity index (χ1n) is 11.9. The van der Waals surface area contributed by atoms with Crippen molar-refractivity contribution in [1.29, 1.82) is 0 Å². The van der Waals surface area contributed by atoms with E-state index in [2.05, 4.69) is 6.07 Å². The molecule has 4 aliphatic carbocycles. The van der Waals surface area contributed by atoms with Crippen LogP contribution in [0.5, 0.6) is 5.75 Å². The SMILES string of the molecule is CCOC(=O)/C=C/c1ccc(-c2cc(C34CC5CC(CC(C5)C3)C4)c(O)cc2C)c(Cl)c1. The summed E-state index contributed by atoms with van der Waals surface area (Å²) in [6.45, 7) is 4.17. The van der Waals surface area contributed by atoms with Crippen LogP contribution in [0.4, 0.5) is 0 Å². The molecule has 0 unspecified atom stereocenters. The topological polar surface area (TPSA) is 46.5 Å². The lowest BCUT2D eigenvalue weighted by molar-refractivity contribution is -0.137. The Labute approximate surface area is 195 Å². The molecule has 168 valence electrons. The van der Waals surface area contributed by atoms with Crippen LogP contribution >= 0.6 is 11.6 Å². The molecule has 4 aliphatic rings. The van der Waals surface area contributed by atoms with Crippen LogP contribution in [0.1, 0.15) is 62.1 Å². The van der Waals surface area contributed by atoms with Gasteiger partial charge in [0.15, 0.2) is 0 Å².